The lowest BCUT2D eigenvalue weighted by Crippen LogP contribution is -2.26. The van der Waals surface area contributed by atoms with E-state index < -0.39 is 5.41 Å². The highest BCUT2D eigenvalue weighted by Crippen LogP contribution is 2.66. The van der Waals surface area contributed by atoms with Crippen molar-refractivity contribution in [3.05, 3.63) is 246 Å². The van der Waals surface area contributed by atoms with E-state index >= 15 is 0 Å². The number of benzene rings is 10. The van der Waals surface area contributed by atoms with Gasteiger partial charge in [-0.2, -0.15) is 0 Å². The first-order valence-electron chi connectivity index (χ1n) is 22.3. The van der Waals surface area contributed by atoms with Crippen LogP contribution in [-0.2, 0) is 10.8 Å². The molecule has 1 unspecified atom stereocenters. The second-order valence-electron chi connectivity index (χ2n) is 18.3. The van der Waals surface area contributed by atoms with Crippen LogP contribution in [0.5, 0.6) is 0 Å². The van der Waals surface area contributed by atoms with E-state index in [0.717, 1.165) is 17.1 Å². The van der Waals surface area contributed by atoms with Gasteiger partial charge in [0, 0.05) is 22.5 Å². The van der Waals surface area contributed by atoms with Crippen molar-refractivity contribution in [3.63, 3.8) is 0 Å². The zero-order valence-electron chi connectivity index (χ0n) is 35.2. The second-order valence-corrected chi connectivity index (χ2v) is 18.3. The topological polar surface area (TPSA) is 3.24 Å². The van der Waals surface area contributed by atoms with E-state index in [2.05, 4.69) is 231 Å². The van der Waals surface area contributed by atoms with E-state index in [9.17, 15) is 0 Å². The van der Waals surface area contributed by atoms with Gasteiger partial charge in [0.25, 0.3) is 0 Å². The van der Waals surface area contributed by atoms with Gasteiger partial charge >= 0.3 is 0 Å². The van der Waals surface area contributed by atoms with Crippen LogP contribution in [0.4, 0.5) is 17.1 Å². The van der Waals surface area contributed by atoms with Crippen molar-refractivity contribution in [2.24, 2.45) is 0 Å². The smallest absolute Gasteiger partial charge is 0.0726 e. The maximum Gasteiger partial charge on any atom is 0.0726 e. The molecule has 63 heavy (non-hydrogen) atoms. The molecule has 14 rings (SSSR count). The summed E-state index contributed by atoms with van der Waals surface area (Å²) in [6, 6.07) is 80.1. The highest BCUT2D eigenvalue weighted by molar-refractivity contribution is 6.21. The molecule has 1 atom stereocenters. The van der Waals surface area contributed by atoms with Crippen molar-refractivity contribution < 1.29 is 0 Å². The van der Waals surface area contributed by atoms with Gasteiger partial charge in [0.1, 0.15) is 0 Å². The molecule has 0 heterocycles. The minimum absolute atomic E-state index is 0.122. The van der Waals surface area contributed by atoms with Crippen LogP contribution in [-0.4, -0.2) is 0 Å². The number of hydrogen-bond donors (Lipinski definition) is 0. The fraction of sp³-hybridized carbons (Fsp3) is 0.0645. The molecule has 4 aliphatic carbocycles. The van der Waals surface area contributed by atoms with Gasteiger partial charge in [-0.05, 0) is 153 Å². The minimum Gasteiger partial charge on any atom is -0.310 e. The van der Waals surface area contributed by atoms with Crippen molar-refractivity contribution >= 4 is 27.8 Å². The molecule has 10 aromatic rings. The van der Waals surface area contributed by atoms with E-state index in [1.165, 1.54) is 111 Å². The summed E-state index contributed by atoms with van der Waals surface area (Å²) in [6.45, 7) is 4.75. The van der Waals surface area contributed by atoms with Crippen molar-refractivity contribution in [3.8, 4) is 66.8 Å². The third-order valence-corrected chi connectivity index (χ3v) is 15.0. The van der Waals surface area contributed by atoms with Crippen LogP contribution in [0.25, 0.3) is 77.5 Å². The molecule has 0 aromatic heterocycles. The van der Waals surface area contributed by atoms with Gasteiger partial charge in [-0.3, -0.25) is 0 Å². The first-order chi connectivity index (χ1) is 31.0. The fourth-order valence-corrected chi connectivity index (χ4v) is 12.3. The third-order valence-electron chi connectivity index (χ3n) is 15.0. The SMILES string of the molecule is CC1(C)c2ccccc2-c2ccc(N(c3ccc(-c4ccccc4)cc3)c3ccc4c(c3)-c3ccccc3C43c4ccccc4-c4c3cc3c5c(cccc45)-c4ccccc4-3)cc21. The molecular weight excluding hydrogens is 759 g/mol. The summed E-state index contributed by atoms with van der Waals surface area (Å²) < 4.78 is 0. The second kappa shape index (κ2) is 12.4. The summed E-state index contributed by atoms with van der Waals surface area (Å²) in [5.41, 5.74) is 26.8. The highest BCUT2D eigenvalue weighted by atomic mass is 15.1. The maximum atomic E-state index is 2.57. The van der Waals surface area contributed by atoms with Crippen molar-refractivity contribution in [2.75, 3.05) is 4.90 Å². The van der Waals surface area contributed by atoms with Crippen LogP contribution in [0.2, 0.25) is 0 Å². The van der Waals surface area contributed by atoms with Gasteiger partial charge in [-0.1, -0.05) is 184 Å². The molecule has 0 fully saturated rings. The molecule has 0 saturated heterocycles. The van der Waals surface area contributed by atoms with Crippen LogP contribution in [0.1, 0.15) is 47.2 Å². The van der Waals surface area contributed by atoms with Gasteiger partial charge < -0.3 is 4.90 Å². The maximum absolute atomic E-state index is 2.57. The average molecular weight is 800 g/mol. The summed E-state index contributed by atoms with van der Waals surface area (Å²) >= 11 is 0. The molecule has 0 bridgehead atoms. The molecule has 0 aliphatic heterocycles. The lowest BCUT2D eigenvalue weighted by molar-refractivity contribution is 0.660. The number of hydrogen-bond acceptors (Lipinski definition) is 1. The molecule has 1 heteroatoms. The predicted molar refractivity (Wildman–Crippen MR) is 262 cm³/mol. The summed E-state index contributed by atoms with van der Waals surface area (Å²) in [7, 11) is 0. The zero-order valence-corrected chi connectivity index (χ0v) is 35.2. The van der Waals surface area contributed by atoms with E-state index in [4.69, 9.17) is 0 Å². The summed E-state index contributed by atoms with van der Waals surface area (Å²) in [5.74, 6) is 0. The van der Waals surface area contributed by atoms with Crippen LogP contribution in [0, 0.1) is 0 Å². The molecule has 0 saturated carbocycles. The van der Waals surface area contributed by atoms with E-state index in [-0.39, 0.29) is 5.41 Å². The Morgan fingerprint density at radius 1 is 0.302 bits per heavy atom. The fourth-order valence-electron chi connectivity index (χ4n) is 12.3. The van der Waals surface area contributed by atoms with E-state index in [1.54, 1.807) is 0 Å². The number of rotatable bonds is 4. The lowest BCUT2D eigenvalue weighted by Gasteiger charge is -2.32. The molecule has 4 aliphatic rings. The molecule has 294 valence electrons. The summed E-state index contributed by atoms with van der Waals surface area (Å²) in [5, 5.41) is 2.72. The first kappa shape index (κ1) is 34.9. The Hall–Kier alpha value is -7.74. The molecule has 0 N–H and O–H groups in total. The Morgan fingerprint density at radius 3 is 1.59 bits per heavy atom. The van der Waals surface area contributed by atoms with Crippen LogP contribution < -0.4 is 4.90 Å². The van der Waals surface area contributed by atoms with Crippen molar-refractivity contribution in [1.29, 1.82) is 0 Å². The highest BCUT2D eigenvalue weighted by Gasteiger charge is 2.53. The Morgan fingerprint density at radius 2 is 0.825 bits per heavy atom. The van der Waals surface area contributed by atoms with Gasteiger partial charge in [-0.15, -0.1) is 0 Å². The minimum atomic E-state index is -0.472. The number of nitrogens with zero attached hydrogens (tertiary/aromatic N) is 1. The summed E-state index contributed by atoms with van der Waals surface area (Å²) in [6.07, 6.45) is 0. The Bertz CT molecular complexity index is 3590. The van der Waals surface area contributed by atoms with Crippen LogP contribution in [0.3, 0.4) is 0 Å². The van der Waals surface area contributed by atoms with Crippen LogP contribution in [0.15, 0.2) is 212 Å². The van der Waals surface area contributed by atoms with E-state index in [1.807, 2.05) is 0 Å². The molecule has 1 spiro atoms. The van der Waals surface area contributed by atoms with Crippen LogP contribution >= 0.6 is 0 Å². The monoisotopic (exact) mass is 799 g/mol. The Balaban J connectivity index is 1.01. The number of fused-ring (bicyclic) bond motifs is 17. The molecular formula is C62H41N. The normalized spacial score (nSPS) is 16.0. The standard InChI is InChI=1S/C62H41N/c1-61(2)53-24-11-8-19-45(53)47-33-31-42(36-57(47)61)63(40-29-27-39(28-30-40)38-15-4-3-5-16-38)41-32-34-56-51(35-41)46-20-9-12-25-54(46)62(56)55-26-13-10-21-49(55)60-50-23-14-22-48-43-17-6-7-18-44(43)52(59(48)50)37-58(60)62/h3-37H,1-2H3. The molecule has 0 radical (unpaired) electrons. The van der Waals surface area contributed by atoms with Gasteiger partial charge in [0.15, 0.2) is 0 Å². The van der Waals surface area contributed by atoms with Gasteiger partial charge in [0.2, 0.25) is 0 Å². The first-order valence-corrected chi connectivity index (χ1v) is 22.3. The van der Waals surface area contributed by atoms with Crippen molar-refractivity contribution in [2.45, 2.75) is 24.7 Å². The third kappa shape index (κ3) is 4.46. The van der Waals surface area contributed by atoms with Gasteiger partial charge in [-0.25, -0.2) is 0 Å². The molecule has 1 nitrogen and oxygen atoms in total. The Labute approximate surface area is 368 Å². The van der Waals surface area contributed by atoms with Crippen molar-refractivity contribution in [1.82, 2.24) is 0 Å². The summed E-state index contributed by atoms with van der Waals surface area (Å²) in [4.78, 5) is 2.48. The zero-order chi connectivity index (χ0) is 41.6. The predicted octanol–water partition coefficient (Wildman–Crippen LogP) is 16.3. The lowest BCUT2D eigenvalue weighted by atomic mass is 9.70. The Kier molecular flexibility index (Phi) is 6.89. The molecule has 0 amide bonds. The number of anilines is 3. The quantitative estimate of drug-likeness (QED) is 0.171. The molecule has 10 aromatic carbocycles. The van der Waals surface area contributed by atoms with E-state index in [0.29, 0.717) is 0 Å². The average Bonchev–Trinajstić information content (AvgIpc) is 4.00. The van der Waals surface area contributed by atoms with Gasteiger partial charge in [0.05, 0.1) is 5.41 Å². The largest absolute Gasteiger partial charge is 0.310 e.